The van der Waals surface area contributed by atoms with E-state index in [1.165, 1.54) is 5.56 Å². The summed E-state index contributed by atoms with van der Waals surface area (Å²) in [4.78, 5) is 16.8. The van der Waals surface area contributed by atoms with E-state index in [-0.39, 0.29) is 5.91 Å². The predicted molar refractivity (Wildman–Crippen MR) is 116 cm³/mol. The third kappa shape index (κ3) is 5.13. The molecule has 0 spiro atoms. The molecule has 0 aliphatic carbocycles. The number of halogens is 1. The molecule has 0 atom stereocenters. The highest BCUT2D eigenvalue weighted by Gasteiger charge is 2.19. The molecule has 6 heteroatoms. The highest BCUT2D eigenvalue weighted by Crippen LogP contribution is 2.14. The quantitative estimate of drug-likeness (QED) is 0.604. The Labute approximate surface area is 175 Å². The molecular formula is C23H23ClN4O. The summed E-state index contributed by atoms with van der Waals surface area (Å²) < 4.78 is 1.81. The van der Waals surface area contributed by atoms with Gasteiger partial charge >= 0.3 is 0 Å². The molecule has 2 aromatic carbocycles. The fourth-order valence-electron chi connectivity index (χ4n) is 3.39. The molecule has 4 rings (SSSR count). The van der Waals surface area contributed by atoms with Gasteiger partial charge in [-0.3, -0.25) is 9.69 Å². The SMILES string of the molecule is O=C(C=Cc1cnn(-c2ccccc2)c1)N1CCN(Cc2ccc(Cl)cc2)CC1. The zero-order valence-electron chi connectivity index (χ0n) is 16.1. The molecule has 1 fully saturated rings. The number of hydrogen-bond acceptors (Lipinski definition) is 3. The van der Waals surface area contributed by atoms with Gasteiger partial charge in [0.15, 0.2) is 0 Å². The number of piperazine rings is 1. The minimum absolute atomic E-state index is 0.0450. The van der Waals surface area contributed by atoms with Gasteiger partial charge in [0, 0.05) is 55.6 Å². The van der Waals surface area contributed by atoms with E-state index < -0.39 is 0 Å². The lowest BCUT2D eigenvalue weighted by Gasteiger charge is -2.34. The normalized spacial score (nSPS) is 15.1. The highest BCUT2D eigenvalue weighted by atomic mass is 35.5. The van der Waals surface area contributed by atoms with Crippen molar-refractivity contribution in [3.8, 4) is 5.69 Å². The van der Waals surface area contributed by atoms with Gasteiger partial charge in [-0.25, -0.2) is 4.68 Å². The van der Waals surface area contributed by atoms with Gasteiger partial charge in [0.25, 0.3) is 0 Å². The Hall–Kier alpha value is -2.89. The van der Waals surface area contributed by atoms with Crippen molar-refractivity contribution < 1.29 is 4.79 Å². The van der Waals surface area contributed by atoms with Crippen LogP contribution in [0.5, 0.6) is 0 Å². The first kappa shape index (κ1) is 19.4. The highest BCUT2D eigenvalue weighted by molar-refractivity contribution is 6.30. The van der Waals surface area contributed by atoms with Crippen molar-refractivity contribution in [3.05, 3.63) is 89.2 Å². The molecule has 0 saturated carbocycles. The van der Waals surface area contributed by atoms with Crippen LogP contribution in [0.4, 0.5) is 0 Å². The third-order valence-corrected chi connectivity index (χ3v) is 5.30. The maximum atomic E-state index is 12.5. The summed E-state index contributed by atoms with van der Waals surface area (Å²) in [5.74, 6) is 0.0450. The Morgan fingerprint density at radius 3 is 2.45 bits per heavy atom. The molecular weight excluding hydrogens is 384 g/mol. The number of carbonyl (C=O) groups excluding carboxylic acids is 1. The minimum atomic E-state index is 0.0450. The first-order valence-electron chi connectivity index (χ1n) is 9.71. The zero-order chi connectivity index (χ0) is 20.1. The number of rotatable bonds is 5. The van der Waals surface area contributed by atoms with Crippen LogP contribution < -0.4 is 0 Å². The van der Waals surface area contributed by atoms with Gasteiger partial charge in [0.1, 0.15) is 0 Å². The molecule has 1 aromatic heterocycles. The predicted octanol–water partition coefficient (Wildman–Crippen LogP) is 3.88. The Bertz CT molecular complexity index is 974. The molecule has 3 aromatic rings. The van der Waals surface area contributed by atoms with Crippen LogP contribution in [0.1, 0.15) is 11.1 Å². The molecule has 1 aliphatic heterocycles. The number of hydrogen-bond donors (Lipinski definition) is 0. The van der Waals surface area contributed by atoms with Crippen molar-refractivity contribution in [1.29, 1.82) is 0 Å². The van der Waals surface area contributed by atoms with Crippen molar-refractivity contribution >= 4 is 23.6 Å². The topological polar surface area (TPSA) is 41.4 Å². The second-order valence-electron chi connectivity index (χ2n) is 7.12. The largest absolute Gasteiger partial charge is 0.337 e. The van der Waals surface area contributed by atoms with Crippen LogP contribution in [0, 0.1) is 0 Å². The van der Waals surface area contributed by atoms with Crippen LogP contribution in [-0.2, 0) is 11.3 Å². The Morgan fingerprint density at radius 1 is 1.00 bits per heavy atom. The van der Waals surface area contributed by atoms with Crippen LogP contribution in [-0.4, -0.2) is 51.7 Å². The smallest absolute Gasteiger partial charge is 0.246 e. The van der Waals surface area contributed by atoms with Gasteiger partial charge in [-0.1, -0.05) is 41.9 Å². The summed E-state index contributed by atoms with van der Waals surface area (Å²) in [6.45, 7) is 4.09. The number of carbonyl (C=O) groups is 1. The minimum Gasteiger partial charge on any atom is -0.337 e. The van der Waals surface area contributed by atoms with Gasteiger partial charge < -0.3 is 4.90 Å². The molecule has 2 heterocycles. The van der Waals surface area contributed by atoms with Crippen LogP contribution in [0.25, 0.3) is 11.8 Å². The fraction of sp³-hybridized carbons (Fsp3) is 0.217. The number of para-hydroxylation sites is 1. The van der Waals surface area contributed by atoms with E-state index in [2.05, 4.69) is 22.1 Å². The van der Waals surface area contributed by atoms with E-state index in [0.29, 0.717) is 0 Å². The third-order valence-electron chi connectivity index (χ3n) is 5.05. The summed E-state index contributed by atoms with van der Waals surface area (Å²) in [5, 5.41) is 5.11. The number of amides is 1. The van der Waals surface area contributed by atoms with E-state index in [0.717, 1.165) is 49.0 Å². The Kier molecular flexibility index (Phi) is 6.08. The summed E-state index contributed by atoms with van der Waals surface area (Å²) in [7, 11) is 0. The van der Waals surface area contributed by atoms with Crippen LogP contribution in [0.15, 0.2) is 73.1 Å². The molecule has 0 bridgehead atoms. The van der Waals surface area contributed by atoms with Gasteiger partial charge in [-0.15, -0.1) is 0 Å². The van der Waals surface area contributed by atoms with Crippen LogP contribution >= 0.6 is 11.6 Å². The Morgan fingerprint density at radius 2 is 1.72 bits per heavy atom. The van der Waals surface area contributed by atoms with E-state index in [9.17, 15) is 4.79 Å². The molecule has 0 unspecified atom stereocenters. The fourth-order valence-corrected chi connectivity index (χ4v) is 3.52. The zero-order valence-corrected chi connectivity index (χ0v) is 16.9. The lowest BCUT2D eigenvalue weighted by molar-refractivity contribution is -0.127. The van der Waals surface area contributed by atoms with Crippen molar-refractivity contribution in [2.24, 2.45) is 0 Å². The van der Waals surface area contributed by atoms with Gasteiger partial charge in [-0.2, -0.15) is 5.10 Å². The maximum Gasteiger partial charge on any atom is 0.246 e. The second kappa shape index (κ2) is 9.07. The number of aromatic nitrogens is 2. The molecule has 0 radical (unpaired) electrons. The molecule has 1 saturated heterocycles. The lowest BCUT2D eigenvalue weighted by atomic mass is 10.2. The lowest BCUT2D eigenvalue weighted by Crippen LogP contribution is -2.47. The van der Waals surface area contributed by atoms with Crippen molar-refractivity contribution in [3.63, 3.8) is 0 Å². The summed E-state index contributed by atoms with van der Waals surface area (Å²) in [5.41, 5.74) is 3.14. The molecule has 29 heavy (non-hydrogen) atoms. The summed E-state index contributed by atoms with van der Waals surface area (Å²) in [6, 6.07) is 17.9. The average molecular weight is 407 g/mol. The summed E-state index contributed by atoms with van der Waals surface area (Å²) in [6.07, 6.45) is 7.15. The molecule has 1 aliphatic rings. The van der Waals surface area contributed by atoms with E-state index in [4.69, 9.17) is 11.6 Å². The molecule has 5 nitrogen and oxygen atoms in total. The van der Waals surface area contributed by atoms with Crippen LogP contribution in [0.3, 0.4) is 0 Å². The first-order valence-corrected chi connectivity index (χ1v) is 10.1. The van der Waals surface area contributed by atoms with E-state index in [1.54, 1.807) is 17.0 Å². The van der Waals surface area contributed by atoms with Crippen molar-refractivity contribution in [1.82, 2.24) is 19.6 Å². The molecule has 148 valence electrons. The molecule has 1 amide bonds. The second-order valence-corrected chi connectivity index (χ2v) is 7.55. The monoisotopic (exact) mass is 406 g/mol. The maximum absolute atomic E-state index is 12.5. The average Bonchev–Trinajstić information content (AvgIpc) is 3.24. The van der Waals surface area contributed by atoms with Gasteiger partial charge in [0.2, 0.25) is 5.91 Å². The van der Waals surface area contributed by atoms with Crippen molar-refractivity contribution in [2.45, 2.75) is 6.54 Å². The standard InChI is InChI=1S/C23H23ClN4O/c24-21-9-6-19(7-10-21)17-26-12-14-27(15-13-26)23(29)11-8-20-16-25-28(18-20)22-4-2-1-3-5-22/h1-11,16,18H,12-15,17H2. The first-order chi connectivity index (χ1) is 14.2. The number of benzene rings is 2. The van der Waals surface area contributed by atoms with E-state index in [1.807, 2.05) is 59.6 Å². The van der Waals surface area contributed by atoms with Gasteiger partial charge in [-0.05, 0) is 35.9 Å². The Balaban J connectivity index is 1.28. The molecule has 0 N–H and O–H groups in total. The number of nitrogens with zero attached hydrogens (tertiary/aromatic N) is 4. The van der Waals surface area contributed by atoms with Crippen molar-refractivity contribution in [2.75, 3.05) is 26.2 Å². The van der Waals surface area contributed by atoms with E-state index >= 15 is 0 Å². The summed E-state index contributed by atoms with van der Waals surface area (Å²) >= 11 is 5.95. The van der Waals surface area contributed by atoms with Crippen LogP contribution in [0.2, 0.25) is 5.02 Å². The van der Waals surface area contributed by atoms with Gasteiger partial charge in [0.05, 0.1) is 11.9 Å².